The van der Waals surface area contributed by atoms with Crippen LogP contribution in [0.1, 0.15) is 23.9 Å². The molecule has 0 amide bonds. The SMILES string of the molecule is CN(C)Cc1ccccc1-c1cc(-c2nnc(C(C)(N)Cc3ccccc3)o2)cc(N(C)S(C)(=O)=O)c1. The molecule has 0 aliphatic rings. The lowest BCUT2D eigenvalue weighted by molar-refractivity contribution is 0.355. The minimum Gasteiger partial charge on any atom is -0.419 e. The Bertz CT molecular complexity index is 1480. The second kappa shape index (κ2) is 10.5. The van der Waals surface area contributed by atoms with Crippen LogP contribution in [-0.4, -0.2) is 50.9 Å². The fraction of sp³-hybridized carbons (Fsp3) is 0.286. The lowest BCUT2D eigenvalue weighted by atomic mass is 9.94. The lowest BCUT2D eigenvalue weighted by Gasteiger charge is -2.20. The summed E-state index contributed by atoms with van der Waals surface area (Å²) >= 11 is 0. The van der Waals surface area contributed by atoms with Crippen molar-refractivity contribution in [3.63, 3.8) is 0 Å². The highest BCUT2D eigenvalue weighted by atomic mass is 32.2. The van der Waals surface area contributed by atoms with Crippen LogP contribution in [0.3, 0.4) is 0 Å². The standard InChI is InChI=1S/C28H33N5O3S/c1-28(29,18-20-11-7-6-8-12-20)27-31-30-26(36-27)23-15-22(16-24(17-23)33(4)37(5,34)35)25-14-10-9-13-21(25)19-32(2)3/h6-17H,18-19,29H2,1-5H3. The molecule has 0 spiro atoms. The molecule has 8 nitrogen and oxygen atoms in total. The molecule has 4 aromatic rings. The second-order valence-corrected chi connectivity index (χ2v) is 11.9. The summed E-state index contributed by atoms with van der Waals surface area (Å²) < 4.78 is 32.1. The highest BCUT2D eigenvalue weighted by molar-refractivity contribution is 7.92. The molecule has 4 rings (SSSR count). The van der Waals surface area contributed by atoms with Gasteiger partial charge < -0.3 is 15.1 Å². The molecule has 2 N–H and O–H groups in total. The summed E-state index contributed by atoms with van der Waals surface area (Å²) in [5, 5.41) is 8.55. The van der Waals surface area contributed by atoms with Gasteiger partial charge in [-0.1, -0.05) is 54.6 Å². The molecule has 1 aromatic heterocycles. The number of sulfonamides is 1. The van der Waals surface area contributed by atoms with Gasteiger partial charge in [-0.05, 0) is 67.9 Å². The third kappa shape index (κ3) is 6.25. The van der Waals surface area contributed by atoms with Crippen molar-refractivity contribution in [3.05, 3.63) is 89.8 Å². The number of hydrogen-bond donors (Lipinski definition) is 1. The molecule has 0 saturated heterocycles. The average Bonchev–Trinajstić information content (AvgIpc) is 3.35. The predicted molar refractivity (Wildman–Crippen MR) is 147 cm³/mol. The Morgan fingerprint density at radius 1 is 0.919 bits per heavy atom. The molecule has 0 radical (unpaired) electrons. The predicted octanol–water partition coefficient (Wildman–Crippen LogP) is 4.28. The minimum absolute atomic E-state index is 0.273. The summed E-state index contributed by atoms with van der Waals surface area (Å²) in [5.74, 6) is 0.581. The number of nitrogens with zero attached hydrogens (tertiary/aromatic N) is 4. The number of anilines is 1. The van der Waals surface area contributed by atoms with E-state index < -0.39 is 15.6 Å². The zero-order chi connectivity index (χ0) is 26.8. The number of hydrogen-bond acceptors (Lipinski definition) is 7. The molecular formula is C28H33N5O3S. The maximum absolute atomic E-state index is 12.4. The van der Waals surface area contributed by atoms with E-state index in [0.717, 1.165) is 28.8 Å². The molecule has 0 aliphatic heterocycles. The third-order valence-corrected chi connectivity index (χ3v) is 7.37. The normalized spacial score (nSPS) is 13.5. The van der Waals surface area contributed by atoms with E-state index in [0.29, 0.717) is 23.6 Å². The fourth-order valence-electron chi connectivity index (χ4n) is 4.21. The summed E-state index contributed by atoms with van der Waals surface area (Å²) in [5.41, 5.74) is 10.8. The van der Waals surface area contributed by atoms with Gasteiger partial charge in [0.2, 0.25) is 21.8 Å². The molecule has 37 heavy (non-hydrogen) atoms. The first kappa shape index (κ1) is 26.5. The third-order valence-electron chi connectivity index (χ3n) is 6.17. The molecule has 9 heteroatoms. The first-order chi connectivity index (χ1) is 17.4. The average molecular weight is 520 g/mol. The first-order valence-corrected chi connectivity index (χ1v) is 13.8. The molecule has 194 valence electrons. The van der Waals surface area contributed by atoms with Gasteiger partial charge in [0.25, 0.3) is 0 Å². The number of nitrogens with two attached hydrogens (primary N) is 1. The molecular weight excluding hydrogens is 486 g/mol. The van der Waals surface area contributed by atoms with E-state index in [1.54, 1.807) is 6.07 Å². The van der Waals surface area contributed by atoms with Gasteiger partial charge >= 0.3 is 0 Å². The first-order valence-electron chi connectivity index (χ1n) is 11.9. The van der Waals surface area contributed by atoms with E-state index in [1.165, 1.54) is 17.6 Å². The Balaban J connectivity index is 1.79. The smallest absolute Gasteiger partial charge is 0.247 e. The fourth-order valence-corrected chi connectivity index (χ4v) is 4.70. The quantitative estimate of drug-likeness (QED) is 0.352. The van der Waals surface area contributed by atoms with E-state index in [1.807, 2.05) is 81.7 Å². The maximum Gasteiger partial charge on any atom is 0.247 e. The van der Waals surface area contributed by atoms with Gasteiger partial charge in [-0.2, -0.15) is 0 Å². The van der Waals surface area contributed by atoms with Crippen LogP contribution in [0.5, 0.6) is 0 Å². The van der Waals surface area contributed by atoms with Crippen LogP contribution >= 0.6 is 0 Å². The monoisotopic (exact) mass is 519 g/mol. The Morgan fingerprint density at radius 2 is 1.57 bits per heavy atom. The Kier molecular flexibility index (Phi) is 7.49. The minimum atomic E-state index is -3.50. The second-order valence-electron chi connectivity index (χ2n) is 9.89. The van der Waals surface area contributed by atoms with E-state index in [9.17, 15) is 8.42 Å². The highest BCUT2D eigenvalue weighted by Gasteiger charge is 2.29. The molecule has 0 aliphatic carbocycles. The van der Waals surface area contributed by atoms with Gasteiger partial charge in [0.05, 0.1) is 17.5 Å². The van der Waals surface area contributed by atoms with Crippen LogP contribution in [0.2, 0.25) is 0 Å². The van der Waals surface area contributed by atoms with Crippen LogP contribution in [0.15, 0.2) is 77.2 Å². The number of aromatic nitrogens is 2. The van der Waals surface area contributed by atoms with Crippen LogP contribution in [0.25, 0.3) is 22.6 Å². The molecule has 3 aromatic carbocycles. The van der Waals surface area contributed by atoms with Crippen LogP contribution in [0.4, 0.5) is 5.69 Å². The van der Waals surface area contributed by atoms with Gasteiger partial charge in [-0.3, -0.25) is 4.31 Å². The molecule has 1 unspecified atom stereocenters. The van der Waals surface area contributed by atoms with Crippen molar-refractivity contribution < 1.29 is 12.8 Å². The van der Waals surface area contributed by atoms with E-state index >= 15 is 0 Å². The summed E-state index contributed by atoms with van der Waals surface area (Å²) in [7, 11) is 2.05. The molecule has 0 saturated carbocycles. The van der Waals surface area contributed by atoms with Crippen molar-refractivity contribution in [2.75, 3.05) is 31.7 Å². The largest absolute Gasteiger partial charge is 0.419 e. The maximum atomic E-state index is 12.4. The van der Waals surface area contributed by atoms with Gasteiger partial charge in [0.1, 0.15) is 0 Å². The van der Waals surface area contributed by atoms with Crippen LogP contribution in [0, 0.1) is 0 Å². The molecule has 1 heterocycles. The molecule has 1 atom stereocenters. The Labute approximate surface area is 218 Å². The van der Waals surface area contributed by atoms with Crippen molar-refractivity contribution in [1.82, 2.24) is 15.1 Å². The van der Waals surface area contributed by atoms with Gasteiger partial charge in [0.15, 0.2) is 0 Å². The topological polar surface area (TPSA) is 106 Å². The van der Waals surface area contributed by atoms with Gasteiger partial charge in [0, 0.05) is 19.2 Å². The van der Waals surface area contributed by atoms with Crippen molar-refractivity contribution in [2.24, 2.45) is 5.73 Å². The van der Waals surface area contributed by atoms with Crippen molar-refractivity contribution >= 4 is 15.7 Å². The zero-order valence-corrected chi connectivity index (χ0v) is 22.7. The van der Waals surface area contributed by atoms with Gasteiger partial charge in [-0.15, -0.1) is 10.2 Å². The van der Waals surface area contributed by atoms with Crippen LogP contribution in [-0.2, 0) is 28.5 Å². The van der Waals surface area contributed by atoms with Crippen LogP contribution < -0.4 is 10.0 Å². The zero-order valence-electron chi connectivity index (χ0n) is 21.8. The summed E-state index contributed by atoms with van der Waals surface area (Å²) in [6, 6.07) is 23.5. The lowest BCUT2D eigenvalue weighted by Crippen LogP contribution is -2.35. The summed E-state index contributed by atoms with van der Waals surface area (Å²) in [4.78, 5) is 2.09. The Hall–Kier alpha value is -3.53. The number of benzene rings is 3. The van der Waals surface area contributed by atoms with E-state index in [4.69, 9.17) is 10.2 Å². The van der Waals surface area contributed by atoms with Crippen molar-refractivity contribution in [3.8, 4) is 22.6 Å². The van der Waals surface area contributed by atoms with Crippen molar-refractivity contribution in [2.45, 2.75) is 25.4 Å². The Morgan fingerprint density at radius 3 is 2.24 bits per heavy atom. The molecule has 0 fully saturated rings. The molecule has 0 bridgehead atoms. The highest BCUT2D eigenvalue weighted by Crippen LogP contribution is 2.35. The van der Waals surface area contributed by atoms with E-state index in [-0.39, 0.29) is 5.89 Å². The van der Waals surface area contributed by atoms with Gasteiger partial charge in [-0.25, -0.2) is 8.42 Å². The summed E-state index contributed by atoms with van der Waals surface area (Å²) in [6.07, 6.45) is 1.70. The number of rotatable bonds is 9. The van der Waals surface area contributed by atoms with E-state index in [2.05, 4.69) is 21.2 Å². The van der Waals surface area contributed by atoms with Crippen molar-refractivity contribution in [1.29, 1.82) is 0 Å². The summed E-state index contributed by atoms with van der Waals surface area (Å²) in [6.45, 7) is 2.58.